The van der Waals surface area contributed by atoms with Crippen LogP contribution < -0.4 is 9.47 Å². The fourth-order valence-corrected chi connectivity index (χ4v) is 1.56. The number of carbonyl (C=O) groups is 1. The smallest absolute Gasteiger partial charge is 0.337 e. The summed E-state index contributed by atoms with van der Waals surface area (Å²) in [5, 5.41) is 8.80. The molecule has 1 aromatic heterocycles. The second-order valence-electron chi connectivity index (χ2n) is 4.11. The van der Waals surface area contributed by atoms with Gasteiger partial charge >= 0.3 is 5.97 Å². The van der Waals surface area contributed by atoms with E-state index in [9.17, 15) is 4.79 Å². The van der Waals surface area contributed by atoms with Crippen LogP contribution in [0.4, 0.5) is 0 Å². The van der Waals surface area contributed by atoms with Gasteiger partial charge < -0.3 is 19.3 Å². The highest BCUT2D eigenvalue weighted by Crippen LogP contribution is 2.24. The van der Waals surface area contributed by atoms with Crippen LogP contribution in [-0.4, -0.2) is 36.4 Å². The van der Waals surface area contributed by atoms with Gasteiger partial charge in [0.05, 0.1) is 12.2 Å². The molecule has 0 fully saturated rings. The number of hydrogen-bond acceptors (Lipinski definition) is 5. The second kappa shape index (κ2) is 7.25. The largest absolute Gasteiger partial charge is 0.491 e. The lowest BCUT2D eigenvalue weighted by Crippen LogP contribution is -2.04. The van der Waals surface area contributed by atoms with Crippen LogP contribution in [0.2, 0.25) is 0 Å². The Morgan fingerprint density at radius 3 is 2.67 bits per heavy atom. The molecule has 2 aromatic rings. The molecule has 0 radical (unpaired) electrons. The SMILES string of the molecule is COCCOc1cccc(Oc2ccc(C(=O)O)cn2)c1. The summed E-state index contributed by atoms with van der Waals surface area (Å²) < 4.78 is 15.9. The van der Waals surface area contributed by atoms with Crippen molar-refractivity contribution in [3.8, 4) is 17.4 Å². The number of aromatic nitrogens is 1. The van der Waals surface area contributed by atoms with E-state index < -0.39 is 5.97 Å². The topological polar surface area (TPSA) is 77.9 Å². The summed E-state index contributed by atoms with van der Waals surface area (Å²) in [6.45, 7) is 0.953. The van der Waals surface area contributed by atoms with E-state index in [2.05, 4.69) is 4.98 Å². The van der Waals surface area contributed by atoms with Gasteiger partial charge in [0.2, 0.25) is 5.88 Å². The normalized spacial score (nSPS) is 10.1. The molecule has 6 nitrogen and oxygen atoms in total. The quantitative estimate of drug-likeness (QED) is 0.789. The number of ether oxygens (including phenoxy) is 3. The number of hydrogen-bond donors (Lipinski definition) is 1. The molecule has 1 heterocycles. The number of methoxy groups -OCH3 is 1. The Bertz CT molecular complexity index is 597. The molecule has 0 saturated heterocycles. The van der Waals surface area contributed by atoms with Crippen LogP contribution >= 0.6 is 0 Å². The molecular formula is C15H15NO5. The number of aromatic carboxylic acids is 1. The Morgan fingerprint density at radius 2 is 2.00 bits per heavy atom. The highest BCUT2D eigenvalue weighted by atomic mass is 16.5. The van der Waals surface area contributed by atoms with Gasteiger partial charge in [-0.1, -0.05) is 6.07 Å². The van der Waals surface area contributed by atoms with Crippen molar-refractivity contribution < 1.29 is 24.1 Å². The average molecular weight is 289 g/mol. The van der Waals surface area contributed by atoms with Crippen molar-refractivity contribution in [3.63, 3.8) is 0 Å². The van der Waals surface area contributed by atoms with Gasteiger partial charge in [-0.2, -0.15) is 0 Å². The molecule has 0 atom stereocenters. The van der Waals surface area contributed by atoms with Crippen molar-refractivity contribution in [1.82, 2.24) is 4.98 Å². The molecule has 0 saturated carbocycles. The summed E-state index contributed by atoms with van der Waals surface area (Å²) in [5.41, 5.74) is 0.110. The summed E-state index contributed by atoms with van der Waals surface area (Å²) >= 11 is 0. The predicted octanol–water partition coefficient (Wildman–Crippen LogP) is 2.60. The molecule has 1 aromatic carbocycles. The van der Waals surface area contributed by atoms with E-state index in [1.54, 1.807) is 25.3 Å². The van der Waals surface area contributed by atoms with Crippen LogP contribution in [0.15, 0.2) is 42.6 Å². The Hall–Kier alpha value is -2.60. The Kier molecular flexibility index (Phi) is 5.11. The minimum atomic E-state index is -1.03. The van der Waals surface area contributed by atoms with Crippen molar-refractivity contribution >= 4 is 5.97 Å². The molecule has 0 spiro atoms. The van der Waals surface area contributed by atoms with Crippen molar-refractivity contribution in [3.05, 3.63) is 48.2 Å². The maximum absolute atomic E-state index is 10.7. The average Bonchev–Trinajstić information content (AvgIpc) is 2.48. The number of nitrogens with zero attached hydrogens (tertiary/aromatic N) is 1. The summed E-state index contributed by atoms with van der Waals surface area (Å²) in [7, 11) is 1.61. The Labute approximate surface area is 121 Å². The fourth-order valence-electron chi connectivity index (χ4n) is 1.56. The first kappa shape index (κ1) is 14.8. The maximum atomic E-state index is 10.7. The number of rotatable bonds is 7. The zero-order valence-electron chi connectivity index (χ0n) is 11.5. The van der Waals surface area contributed by atoms with Crippen LogP contribution in [-0.2, 0) is 4.74 Å². The first-order valence-electron chi connectivity index (χ1n) is 6.28. The lowest BCUT2D eigenvalue weighted by atomic mass is 10.3. The first-order chi connectivity index (χ1) is 10.2. The van der Waals surface area contributed by atoms with Gasteiger partial charge in [0.15, 0.2) is 0 Å². The van der Waals surface area contributed by atoms with E-state index >= 15 is 0 Å². The summed E-state index contributed by atoms with van der Waals surface area (Å²) in [6.07, 6.45) is 1.25. The lowest BCUT2D eigenvalue weighted by Gasteiger charge is -2.08. The van der Waals surface area contributed by atoms with Crippen LogP contribution in [0.5, 0.6) is 17.4 Å². The summed E-state index contributed by atoms with van der Waals surface area (Å²) in [6, 6.07) is 10.0. The first-order valence-corrected chi connectivity index (χ1v) is 6.28. The van der Waals surface area contributed by atoms with Gasteiger partial charge in [-0.15, -0.1) is 0 Å². The van der Waals surface area contributed by atoms with E-state index in [1.807, 2.05) is 6.07 Å². The predicted molar refractivity (Wildman–Crippen MR) is 75.1 cm³/mol. The lowest BCUT2D eigenvalue weighted by molar-refractivity contribution is 0.0696. The van der Waals surface area contributed by atoms with Gasteiger partial charge in [0.25, 0.3) is 0 Å². The van der Waals surface area contributed by atoms with E-state index in [0.29, 0.717) is 30.6 Å². The zero-order chi connectivity index (χ0) is 15.1. The third kappa shape index (κ3) is 4.47. The molecule has 0 aliphatic carbocycles. The molecule has 0 aliphatic rings. The van der Waals surface area contributed by atoms with Crippen LogP contribution in [0, 0.1) is 0 Å². The van der Waals surface area contributed by atoms with Gasteiger partial charge in [-0.05, 0) is 18.2 Å². The highest BCUT2D eigenvalue weighted by Gasteiger charge is 2.05. The van der Waals surface area contributed by atoms with Crippen LogP contribution in [0.1, 0.15) is 10.4 Å². The van der Waals surface area contributed by atoms with E-state index in [0.717, 1.165) is 0 Å². The molecule has 2 rings (SSSR count). The molecule has 0 bridgehead atoms. The van der Waals surface area contributed by atoms with Crippen molar-refractivity contribution in [2.24, 2.45) is 0 Å². The Morgan fingerprint density at radius 1 is 1.19 bits per heavy atom. The zero-order valence-corrected chi connectivity index (χ0v) is 11.5. The third-order valence-corrected chi connectivity index (χ3v) is 2.57. The fraction of sp³-hybridized carbons (Fsp3) is 0.200. The van der Waals surface area contributed by atoms with Crippen LogP contribution in [0.3, 0.4) is 0 Å². The standard InChI is InChI=1S/C15H15NO5/c1-19-7-8-20-12-3-2-4-13(9-12)21-14-6-5-11(10-16-14)15(17)18/h2-6,9-10H,7-8H2,1H3,(H,17,18). The van der Waals surface area contributed by atoms with Gasteiger partial charge in [-0.25, -0.2) is 9.78 Å². The number of carboxylic acids is 1. The highest BCUT2D eigenvalue weighted by molar-refractivity contribution is 5.87. The number of pyridine rings is 1. The molecule has 110 valence electrons. The van der Waals surface area contributed by atoms with Crippen molar-refractivity contribution in [2.75, 3.05) is 20.3 Å². The minimum Gasteiger partial charge on any atom is -0.491 e. The van der Waals surface area contributed by atoms with Crippen LogP contribution in [0.25, 0.3) is 0 Å². The van der Waals surface area contributed by atoms with Crippen molar-refractivity contribution in [2.45, 2.75) is 0 Å². The summed E-state index contributed by atoms with van der Waals surface area (Å²) in [4.78, 5) is 14.7. The van der Waals surface area contributed by atoms with Gasteiger partial charge in [-0.3, -0.25) is 0 Å². The summed E-state index contributed by atoms with van der Waals surface area (Å²) in [5.74, 6) is 0.504. The molecule has 0 unspecified atom stereocenters. The second-order valence-corrected chi connectivity index (χ2v) is 4.11. The number of carboxylic acid groups (broad SMARTS) is 1. The van der Waals surface area contributed by atoms with Gasteiger partial charge in [0.1, 0.15) is 18.1 Å². The van der Waals surface area contributed by atoms with Crippen molar-refractivity contribution in [1.29, 1.82) is 0 Å². The monoisotopic (exact) mass is 289 g/mol. The molecular weight excluding hydrogens is 274 g/mol. The molecule has 6 heteroatoms. The molecule has 0 amide bonds. The third-order valence-electron chi connectivity index (χ3n) is 2.57. The molecule has 1 N–H and O–H groups in total. The minimum absolute atomic E-state index is 0.110. The molecule has 0 aliphatic heterocycles. The number of benzene rings is 1. The molecule has 21 heavy (non-hydrogen) atoms. The van der Waals surface area contributed by atoms with E-state index in [4.69, 9.17) is 19.3 Å². The maximum Gasteiger partial charge on any atom is 0.337 e. The van der Waals surface area contributed by atoms with E-state index in [1.165, 1.54) is 18.3 Å². The van der Waals surface area contributed by atoms with Gasteiger partial charge in [0, 0.05) is 25.4 Å². The Balaban J connectivity index is 2.01. The van der Waals surface area contributed by atoms with E-state index in [-0.39, 0.29) is 5.56 Å².